The Labute approximate surface area is 206 Å². The minimum absolute atomic E-state index is 0.0193. The molecule has 0 unspecified atom stereocenters. The number of nitrogens with zero attached hydrogens (tertiary/aromatic N) is 1. The average Bonchev–Trinajstić information content (AvgIpc) is 3.26. The molecule has 1 saturated carbocycles. The van der Waals surface area contributed by atoms with Crippen molar-refractivity contribution in [2.75, 3.05) is 13.1 Å². The summed E-state index contributed by atoms with van der Waals surface area (Å²) >= 11 is 0. The second-order valence-electron chi connectivity index (χ2n) is 11.3. The van der Waals surface area contributed by atoms with Crippen molar-refractivity contribution in [3.63, 3.8) is 0 Å². The summed E-state index contributed by atoms with van der Waals surface area (Å²) < 4.78 is 44.5. The normalized spacial score (nSPS) is 23.7. The van der Waals surface area contributed by atoms with Gasteiger partial charge in [0.15, 0.2) is 0 Å². The molecule has 0 spiro atoms. The number of hydrogen-bond acceptors (Lipinski definition) is 4. The smallest absolute Gasteiger partial charge is 0.416 e. The number of alkyl halides is 3. The molecule has 0 bridgehead atoms. The molecule has 35 heavy (non-hydrogen) atoms. The van der Waals surface area contributed by atoms with E-state index in [1.165, 1.54) is 12.1 Å². The van der Waals surface area contributed by atoms with Crippen LogP contribution in [0.25, 0.3) is 0 Å². The molecule has 1 aromatic carbocycles. The van der Waals surface area contributed by atoms with E-state index in [0.29, 0.717) is 24.4 Å². The zero-order valence-electron chi connectivity index (χ0n) is 21.2. The molecule has 2 amide bonds. The maximum atomic E-state index is 13.1. The number of hydrogen-bond donors (Lipinski definition) is 2. The van der Waals surface area contributed by atoms with Gasteiger partial charge in [-0.25, -0.2) is 4.79 Å². The van der Waals surface area contributed by atoms with Crippen LogP contribution in [0.4, 0.5) is 18.0 Å². The van der Waals surface area contributed by atoms with Crippen molar-refractivity contribution >= 4 is 12.0 Å². The van der Waals surface area contributed by atoms with Gasteiger partial charge >= 0.3 is 12.3 Å². The Morgan fingerprint density at radius 3 is 2.49 bits per heavy atom. The van der Waals surface area contributed by atoms with Gasteiger partial charge < -0.3 is 15.4 Å². The van der Waals surface area contributed by atoms with E-state index in [1.54, 1.807) is 26.8 Å². The lowest BCUT2D eigenvalue weighted by molar-refractivity contribution is -0.137. The van der Waals surface area contributed by atoms with Crippen molar-refractivity contribution in [1.29, 1.82) is 0 Å². The Bertz CT molecular complexity index is 898. The van der Waals surface area contributed by atoms with Gasteiger partial charge in [-0.05, 0) is 69.4 Å². The van der Waals surface area contributed by atoms with Crippen molar-refractivity contribution in [1.82, 2.24) is 15.5 Å². The monoisotopic (exact) mass is 497 g/mol. The number of nitrogens with one attached hydrogen (secondary N) is 2. The van der Waals surface area contributed by atoms with Crippen molar-refractivity contribution < 1.29 is 27.5 Å². The maximum absolute atomic E-state index is 13.1. The van der Waals surface area contributed by atoms with E-state index in [2.05, 4.69) is 15.5 Å². The molecule has 196 valence electrons. The van der Waals surface area contributed by atoms with E-state index in [9.17, 15) is 22.8 Å². The molecular weight excluding hydrogens is 459 g/mol. The first-order valence-corrected chi connectivity index (χ1v) is 12.4. The highest BCUT2D eigenvalue weighted by Crippen LogP contribution is 2.39. The Balaban J connectivity index is 1.59. The summed E-state index contributed by atoms with van der Waals surface area (Å²) in [7, 11) is 0. The second-order valence-corrected chi connectivity index (χ2v) is 11.3. The van der Waals surface area contributed by atoms with Crippen LogP contribution >= 0.6 is 0 Å². The van der Waals surface area contributed by atoms with Gasteiger partial charge in [0.25, 0.3) is 0 Å². The molecule has 3 rings (SSSR count). The quantitative estimate of drug-likeness (QED) is 0.558. The third-order valence-electron chi connectivity index (χ3n) is 6.64. The topological polar surface area (TPSA) is 70.7 Å². The fourth-order valence-corrected chi connectivity index (χ4v) is 5.21. The average molecular weight is 498 g/mol. The number of likely N-dealkylation sites (tertiary alicyclic amines) is 1. The predicted molar refractivity (Wildman–Crippen MR) is 127 cm³/mol. The minimum Gasteiger partial charge on any atom is -0.444 e. The van der Waals surface area contributed by atoms with Crippen LogP contribution in [0.1, 0.15) is 65.0 Å². The van der Waals surface area contributed by atoms with Gasteiger partial charge in [-0.1, -0.05) is 32.0 Å². The number of fused-ring (bicyclic) bond motifs is 1. The van der Waals surface area contributed by atoms with E-state index < -0.39 is 29.5 Å². The molecule has 1 aliphatic carbocycles. The lowest BCUT2D eigenvalue weighted by Gasteiger charge is -2.27. The fourth-order valence-electron chi connectivity index (χ4n) is 5.21. The third-order valence-corrected chi connectivity index (χ3v) is 6.64. The van der Waals surface area contributed by atoms with Gasteiger partial charge in [-0.15, -0.1) is 0 Å². The molecule has 1 saturated heterocycles. The SMILES string of the molecule is CC(C)C[C@@H](NC(=O)OC(C)(C)C)C(=O)N[C@@H]1CC[C@@H]2CN(Cc3cccc(C(F)(F)F)c3)C[C@H]21. The molecule has 2 fully saturated rings. The van der Waals surface area contributed by atoms with E-state index in [-0.39, 0.29) is 23.8 Å². The van der Waals surface area contributed by atoms with Crippen LogP contribution < -0.4 is 10.6 Å². The van der Waals surface area contributed by atoms with Crippen LogP contribution in [0.2, 0.25) is 0 Å². The van der Waals surface area contributed by atoms with E-state index in [4.69, 9.17) is 4.74 Å². The maximum Gasteiger partial charge on any atom is 0.416 e. The van der Waals surface area contributed by atoms with Gasteiger partial charge in [-0.3, -0.25) is 9.69 Å². The highest BCUT2D eigenvalue weighted by Gasteiger charge is 2.43. The zero-order valence-corrected chi connectivity index (χ0v) is 21.2. The Morgan fingerprint density at radius 1 is 1.14 bits per heavy atom. The molecule has 6 nitrogen and oxygen atoms in total. The number of alkyl carbamates (subject to hydrolysis) is 1. The number of benzene rings is 1. The summed E-state index contributed by atoms with van der Waals surface area (Å²) in [6.07, 6.45) is -2.65. The summed E-state index contributed by atoms with van der Waals surface area (Å²) in [5, 5.41) is 5.87. The molecule has 2 aliphatic rings. The van der Waals surface area contributed by atoms with Gasteiger partial charge in [-0.2, -0.15) is 13.2 Å². The molecular formula is C26H38F3N3O3. The molecule has 1 aliphatic heterocycles. The van der Waals surface area contributed by atoms with Crippen molar-refractivity contribution in [2.24, 2.45) is 17.8 Å². The molecule has 4 atom stereocenters. The van der Waals surface area contributed by atoms with Crippen LogP contribution in [0.3, 0.4) is 0 Å². The van der Waals surface area contributed by atoms with Crippen molar-refractivity contribution in [3.05, 3.63) is 35.4 Å². The highest BCUT2D eigenvalue weighted by atomic mass is 19.4. The van der Waals surface area contributed by atoms with Crippen LogP contribution in [-0.4, -0.2) is 47.7 Å². The predicted octanol–water partition coefficient (Wildman–Crippen LogP) is 4.97. The van der Waals surface area contributed by atoms with Gasteiger partial charge in [0, 0.05) is 25.7 Å². The Hall–Kier alpha value is -2.29. The van der Waals surface area contributed by atoms with Crippen molar-refractivity contribution in [2.45, 2.75) is 84.3 Å². The molecule has 1 aromatic rings. The molecule has 0 radical (unpaired) electrons. The summed E-state index contributed by atoms with van der Waals surface area (Å²) in [6.45, 7) is 11.3. The number of ether oxygens (including phenoxy) is 1. The van der Waals surface area contributed by atoms with E-state index in [0.717, 1.165) is 32.0 Å². The van der Waals surface area contributed by atoms with Crippen LogP contribution in [0.15, 0.2) is 24.3 Å². The lowest BCUT2D eigenvalue weighted by Crippen LogP contribution is -2.52. The number of rotatable bonds is 7. The standard InChI is InChI=1S/C26H38F3N3O3/c1-16(2)11-22(31-24(34)35-25(3,4)5)23(33)30-21-10-9-18-14-32(15-20(18)21)13-17-7-6-8-19(12-17)26(27,28)29/h6-8,12,16,18,20-22H,9-11,13-15H2,1-5H3,(H,30,33)(H,31,34)/t18-,20-,21-,22-/m1/s1. The summed E-state index contributed by atoms with van der Waals surface area (Å²) in [5.74, 6) is 0.623. The van der Waals surface area contributed by atoms with E-state index >= 15 is 0 Å². The second kappa shape index (κ2) is 10.8. The molecule has 0 aromatic heterocycles. The third kappa shape index (κ3) is 7.85. The minimum atomic E-state index is -4.35. The van der Waals surface area contributed by atoms with Crippen LogP contribution in [0, 0.1) is 17.8 Å². The van der Waals surface area contributed by atoms with Gasteiger partial charge in [0.2, 0.25) is 5.91 Å². The first-order chi connectivity index (χ1) is 16.2. The summed E-state index contributed by atoms with van der Waals surface area (Å²) in [5.41, 5.74) is -0.652. The summed E-state index contributed by atoms with van der Waals surface area (Å²) in [4.78, 5) is 27.6. The largest absolute Gasteiger partial charge is 0.444 e. The number of carbonyl (C=O) groups is 2. The number of carbonyl (C=O) groups excluding carboxylic acids is 2. The number of halogens is 3. The Morgan fingerprint density at radius 2 is 1.86 bits per heavy atom. The van der Waals surface area contributed by atoms with Crippen LogP contribution in [0.5, 0.6) is 0 Å². The highest BCUT2D eigenvalue weighted by molar-refractivity contribution is 5.86. The number of amides is 2. The fraction of sp³-hybridized carbons (Fsp3) is 0.692. The molecule has 2 N–H and O–H groups in total. The lowest BCUT2D eigenvalue weighted by atomic mass is 9.97. The Kier molecular flexibility index (Phi) is 8.40. The van der Waals surface area contributed by atoms with Gasteiger partial charge in [0.1, 0.15) is 11.6 Å². The summed E-state index contributed by atoms with van der Waals surface area (Å²) in [6, 6.07) is 4.77. The van der Waals surface area contributed by atoms with Crippen molar-refractivity contribution in [3.8, 4) is 0 Å². The van der Waals surface area contributed by atoms with E-state index in [1.807, 2.05) is 13.8 Å². The first-order valence-electron chi connectivity index (χ1n) is 12.4. The molecule has 1 heterocycles. The molecule has 9 heteroatoms. The zero-order chi connectivity index (χ0) is 26.0. The van der Waals surface area contributed by atoms with Gasteiger partial charge in [0.05, 0.1) is 5.56 Å². The first kappa shape index (κ1) is 27.3. The van der Waals surface area contributed by atoms with Crippen LogP contribution in [-0.2, 0) is 22.3 Å².